The number of aromatic nitrogens is 2. The second kappa shape index (κ2) is 8.63. The minimum atomic E-state index is -0.101. The average Bonchev–Trinajstić information content (AvgIpc) is 3.38. The highest BCUT2D eigenvalue weighted by Crippen LogP contribution is 2.19. The molecule has 0 saturated heterocycles. The largest absolute Gasteiger partial charge is 0.439 e. The van der Waals surface area contributed by atoms with Crippen LogP contribution in [0.5, 0.6) is 0 Å². The number of hydrogen-bond acceptors (Lipinski definition) is 5. The van der Waals surface area contributed by atoms with Crippen LogP contribution in [0.2, 0.25) is 0 Å². The average molecular weight is 389 g/mol. The van der Waals surface area contributed by atoms with Gasteiger partial charge in [0.2, 0.25) is 11.8 Å². The molecule has 0 spiro atoms. The molecule has 140 valence electrons. The number of benzene rings is 2. The molecule has 4 rings (SSSR count). The number of oxazole rings is 1. The molecule has 0 saturated carbocycles. The van der Waals surface area contributed by atoms with Gasteiger partial charge in [0, 0.05) is 17.4 Å². The molecule has 2 aromatic carbocycles. The first kappa shape index (κ1) is 18.1. The Labute approximate surface area is 167 Å². The predicted molar refractivity (Wildman–Crippen MR) is 109 cm³/mol. The normalized spacial score (nSPS) is 10.7. The van der Waals surface area contributed by atoms with Crippen molar-refractivity contribution in [1.82, 2.24) is 15.3 Å². The van der Waals surface area contributed by atoms with E-state index in [1.54, 1.807) is 17.5 Å². The van der Waals surface area contributed by atoms with Crippen molar-refractivity contribution in [2.24, 2.45) is 0 Å². The minimum Gasteiger partial charge on any atom is -0.439 e. The topological polar surface area (TPSA) is 68.0 Å². The van der Waals surface area contributed by atoms with Crippen LogP contribution in [-0.2, 0) is 24.2 Å². The molecular weight excluding hydrogens is 370 g/mol. The van der Waals surface area contributed by atoms with Gasteiger partial charge >= 0.3 is 0 Å². The molecule has 0 fully saturated rings. The zero-order valence-corrected chi connectivity index (χ0v) is 16.0. The van der Waals surface area contributed by atoms with Crippen LogP contribution in [0.4, 0.5) is 0 Å². The highest BCUT2D eigenvalue weighted by atomic mass is 32.1. The van der Waals surface area contributed by atoms with Gasteiger partial charge < -0.3 is 9.73 Å². The number of carbonyl (C=O) groups is 1. The van der Waals surface area contributed by atoms with E-state index in [2.05, 4.69) is 27.4 Å². The van der Waals surface area contributed by atoms with Gasteiger partial charge in [0.1, 0.15) is 0 Å². The molecule has 1 N–H and O–H groups in total. The molecule has 0 aliphatic rings. The molecule has 4 aromatic rings. The standard InChI is InChI=1S/C22H19N3O2S/c26-20(12-18-15-28-22(25-18)11-16-7-3-1-4-8-16)23-14-21-24-13-19(27-21)17-9-5-2-6-10-17/h1-10,13,15H,11-12,14H2,(H,23,26). The zero-order valence-electron chi connectivity index (χ0n) is 15.2. The molecule has 0 radical (unpaired) electrons. The quantitative estimate of drug-likeness (QED) is 0.513. The zero-order chi connectivity index (χ0) is 19.2. The van der Waals surface area contributed by atoms with Crippen LogP contribution >= 0.6 is 11.3 Å². The van der Waals surface area contributed by atoms with Gasteiger partial charge in [0.25, 0.3) is 0 Å². The summed E-state index contributed by atoms with van der Waals surface area (Å²) in [6, 6.07) is 19.9. The highest BCUT2D eigenvalue weighted by Gasteiger charge is 2.11. The Morgan fingerprint density at radius 2 is 1.79 bits per heavy atom. The number of carbonyl (C=O) groups excluding carboxylic acids is 1. The van der Waals surface area contributed by atoms with Crippen molar-refractivity contribution in [3.05, 3.63) is 94.4 Å². The number of hydrogen-bond donors (Lipinski definition) is 1. The van der Waals surface area contributed by atoms with E-state index < -0.39 is 0 Å². The fourth-order valence-electron chi connectivity index (χ4n) is 2.81. The van der Waals surface area contributed by atoms with Gasteiger partial charge in [-0.05, 0) is 5.56 Å². The number of thiazole rings is 1. The van der Waals surface area contributed by atoms with Crippen molar-refractivity contribution in [1.29, 1.82) is 0 Å². The SMILES string of the molecule is O=C(Cc1csc(Cc2ccccc2)n1)NCc1ncc(-c2ccccc2)o1. The molecule has 0 unspecified atom stereocenters. The lowest BCUT2D eigenvalue weighted by molar-refractivity contribution is -0.120. The first-order chi connectivity index (χ1) is 13.8. The van der Waals surface area contributed by atoms with E-state index in [4.69, 9.17) is 4.42 Å². The van der Waals surface area contributed by atoms with Crippen molar-refractivity contribution < 1.29 is 9.21 Å². The second-order valence-corrected chi connectivity index (χ2v) is 7.28. The van der Waals surface area contributed by atoms with E-state index in [0.29, 0.717) is 11.7 Å². The first-order valence-electron chi connectivity index (χ1n) is 9.00. The molecule has 0 aliphatic carbocycles. The summed E-state index contributed by atoms with van der Waals surface area (Å²) in [6.07, 6.45) is 2.70. The third-order valence-electron chi connectivity index (χ3n) is 4.19. The molecule has 2 aromatic heterocycles. The summed E-state index contributed by atoms with van der Waals surface area (Å²) >= 11 is 1.58. The summed E-state index contributed by atoms with van der Waals surface area (Å²) in [5, 5.41) is 5.79. The van der Waals surface area contributed by atoms with Crippen molar-refractivity contribution in [2.75, 3.05) is 0 Å². The van der Waals surface area contributed by atoms with E-state index in [-0.39, 0.29) is 18.9 Å². The van der Waals surface area contributed by atoms with Crippen LogP contribution in [-0.4, -0.2) is 15.9 Å². The van der Waals surface area contributed by atoms with Gasteiger partial charge in [-0.25, -0.2) is 9.97 Å². The van der Waals surface area contributed by atoms with Crippen LogP contribution in [0, 0.1) is 0 Å². The Hall–Kier alpha value is -3.25. The number of amides is 1. The summed E-state index contributed by atoms with van der Waals surface area (Å²) in [7, 11) is 0. The number of rotatable bonds is 7. The molecule has 0 aliphatic heterocycles. The molecule has 6 heteroatoms. The minimum absolute atomic E-state index is 0.101. The summed E-state index contributed by atoms with van der Waals surface area (Å²) in [5.74, 6) is 1.07. The summed E-state index contributed by atoms with van der Waals surface area (Å²) < 4.78 is 5.70. The Morgan fingerprint density at radius 1 is 1.04 bits per heavy atom. The van der Waals surface area contributed by atoms with Crippen molar-refractivity contribution in [3.63, 3.8) is 0 Å². The maximum absolute atomic E-state index is 12.2. The van der Waals surface area contributed by atoms with Crippen LogP contribution in [0.25, 0.3) is 11.3 Å². The number of nitrogens with zero attached hydrogens (tertiary/aromatic N) is 2. The number of nitrogens with one attached hydrogen (secondary N) is 1. The molecule has 1 amide bonds. The van der Waals surface area contributed by atoms with E-state index in [1.807, 2.05) is 53.9 Å². The summed E-state index contributed by atoms with van der Waals surface area (Å²) in [4.78, 5) is 21.0. The molecule has 28 heavy (non-hydrogen) atoms. The van der Waals surface area contributed by atoms with Gasteiger partial charge in [-0.2, -0.15) is 0 Å². The lowest BCUT2D eigenvalue weighted by Gasteiger charge is -2.01. The highest BCUT2D eigenvalue weighted by molar-refractivity contribution is 7.09. The fraction of sp³-hybridized carbons (Fsp3) is 0.136. The Morgan fingerprint density at radius 3 is 2.57 bits per heavy atom. The third-order valence-corrected chi connectivity index (χ3v) is 5.09. The first-order valence-corrected chi connectivity index (χ1v) is 9.88. The smallest absolute Gasteiger partial charge is 0.226 e. The molecule has 0 bridgehead atoms. The van der Waals surface area contributed by atoms with E-state index in [1.165, 1.54) is 5.56 Å². The molecular formula is C22H19N3O2S. The van der Waals surface area contributed by atoms with Crippen molar-refractivity contribution in [2.45, 2.75) is 19.4 Å². The lowest BCUT2D eigenvalue weighted by atomic mass is 10.2. The van der Waals surface area contributed by atoms with Crippen LogP contribution < -0.4 is 5.32 Å². The van der Waals surface area contributed by atoms with E-state index >= 15 is 0 Å². The summed E-state index contributed by atoms with van der Waals surface area (Å²) in [6.45, 7) is 0.257. The van der Waals surface area contributed by atoms with Crippen molar-refractivity contribution >= 4 is 17.2 Å². The summed E-state index contributed by atoms with van der Waals surface area (Å²) in [5.41, 5.74) is 2.96. The molecule has 0 atom stereocenters. The van der Waals surface area contributed by atoms with Crippen molar-refractivity contribution in [3.8, 4) is 11.3 Å². The van der Waals surface area contributed by atoms with Gasteiger partial charge in [-0.1, -0.05) is 60.7 Å². The Kier molecular flexibility index (Phi) is 5.58. The predicted octanol–water partition coefficient (Wildman–Crippen LogP) is 4.25. The second-order valence-electron chi connectivity index (χ2n) is 6.33. The van der Waals surface area contributed by atoms with Gasteiger partial charge in [-0.15, -0.1) is 11.3 Å². The van der Waals surface area contributed by atoms with E-state index in [0.717, 1.165) is 22.7 Å². The fourth-order valence-corrected chi connectivity index (χ4v) is 3.64. The maximum Gasteiger partial charge on any atom is 0.226 e. The monoisotopic (exact) mass is 389 g/mol. The third kappa shape index (κ3) is 4.72. The van der Waals surface area contributed by atoms with Crippen LogP contribution in [0.3, 0.4) is 0 Å². The van der Waals surface area contributed by atoms with Crippen LogP contribution in [0.1, 0.15) is 22.2 Å². The molecule has 2 heterocycles. The van der Waals surface area contributed by atoms with Gasteiger partial charge in [0.05, 0.1) is 29.9 Å². The Balaban J connectivity index is 1.29. The maximum atomic E-state index is 12.2. The van der Waals surface area contributed by atoms with E-state index in [9.17, 15) is 4.79 Å². The Bertz CT molecular complexity index is 1040. The molecule has 5 nitrogen and oxygen atoms in total. The van der Waals surface area contributed by atoms with Crippen LogP contribution in [0.15, 0.2) is 76.7 Å². The van der Waals surface area contributed by atoms with Gasteiger partial charge in [-0.3, -0.25) is 4.79 Å². The lowest BCUT2D eigenvalue weighted by Crippen LogP contribution is -2.24. The van der Waals surface area contributed by atoms with Gasteiger partial charge in [0.15, 0.2) is 5.76 Å².